The van der Waals surface area contributed by atoms with Crippen molar-refractivity contribution >= 4 is 11.5 Å². The van der Waals surface area contributed by atoms with E-state index in [1.807, 2.05) is 0 Å². The minimum absolute atomic E-state index is 0.0179. The van der Waals surface area contributed by atoms with Crippen LogP contribution in [0.4, 0.5) is 11.5 Å². The van der Waals surface area contributed by atoms with Gasteiger partial charge in [0, 0.05) is 18.1 Å². The second-order valence-corrected chi connectivity index (χ2v) is 3.06. The molecule has 6 heteroatoms. The van der Waals surface area contributed by atoms with Gasteiger partial charge in [-0.25, -0.2) is 4.98 Å². The van der Waals surface area contributed by atoms with Crippen LogP contribution in [0.25, 0.3) is 0 Å². The van der Waals surface area contributed by atoms with Crippen molar-refractivity contribution in [3.05, 3.63) is 27.4 Å². The van der Waals surface area contributed by atoms with Gasteiger partial charge in [-0.05, 0) is 0 Å². The quantitative estimate of drug-likeness (QED) is 0.524. The molecule has 0 spiro atoms. The molecule has 0 aliphatic carbocycles. The summed E-state index contributed by atoms with van der Waals surface area (Å²) in [7, 11) is 0. The van der Waals surface area contributed by atoms with Crippen LogP contribution in [0.3, 0.4) is 0 Å². The largest absolute Gasteiger partial charge is 0.378 e. The van der Waals surface area contributed by atoms with Crippen LogP contribution in [0, 0.1) is 10.1 Å². The summed E-state index contributed by atoms with van der Waals surface area (Å²) in [6, 6.07) is 1.44. The van der Waals surface area contributed by atoms with Gasteiger partial charge in [-0.2, -0.15) is 0 Å². The maximum atomic E-state index is 10.6. The van der Waals surface area contributed by atoms with Gasteiger partial charge in [0.1, 0.15) is 0 Å². The number of rotatable bonds is 1. The van der Waals surface area contributed by atoms with Crippen LogP contribution in [-0.2, 0) is 17.8 Å². The lowest BCUT2D eigenvalue weighted by molar-refractivity contribution is -0.384. The summed E-state index contributed by atoms with van der Waals surface area (Å²) in [5.74, 6) is -0.0179. The van der Waals surface area contributed by atoms with Gasteiger partial charge >= 0.3 is 5.69 Å². The van der Waals surface area contributed by atoms with E-state index in [1.54, 1.807) is 0 Å². The third-order valence-corrected chi connectivity index (χ3v) is 2.14. The molecule has 0 atom stereocenters. The Bertz CT molecular complexity index is 392. The van der Waals surface area contributed by atoms with Gasteiger partial charge < -0.3 is 10.5 Å². The van der Waals surface area contributed by atoms with Crippen molar-refractivity contribution in [3.8, 4) is 0 Å². The summed E-state index contributed by atoms with van der Waals surface area (Å²) in [6.07, 6.45) is 0.664. The number of hydrogen-bond donors (Lipinski definition) is 1. The molecule has 0 fully saturated rings. The van der Waals surface area contributed by atoms with Crippen LogP contribution in [-0.4, -0.2) is 16.5 Å². The Morgan fingerprint density at radius 3 is 3.14 bits per heavy atom. The Balaban J connectivity index is 2.50. The molecule has 2 rings (SSSR count). The summed E-state index contributed by atoms with van der Waals surface area (Å²) < 4.78 is 5.17. The SMILES string of the molecule is Nc1nc2c(cc1[N+](=O)[O-])COCC2. The summed E-state index contributed by atoms with van der Waals surface area (Å²) in [4.78, 5) is 14.0. The Morgan fingerprint density at radius 2 is 2.43 bits per heavy atom. The molecule has 0 saturated heterocycles. The summed E-state index contributed by atoms with van der Waals surface area (Å²) in [5, 5.41) is 10.6. The lowest BCUT2D eigenvalue weighted by Gasteiger charge is -2.15. The van der Waals surface area contributed by atoms with Gasteiger partial charge in [0.2, 0.25) is 5.82 Å². The van der Waals surface area contributed by atoms with Crippen molar-refractivity contribution in [2.75, 3.05) is 12.3 Å². The summed E-state index contributed by atoms with van der Waals surface area (Å²) >= 11 is 0. The van der Waals surface area contributed by atoms with Crippen LogP contribution in [0.2, 0.25) is 0 Å². The van der Waals surface area contributed by atoms with Crippen molar-refractivity contribution < 1.29 is 9.66 Å². The van der Waals surface area contributed by atoms with Gasteiger partial charge in [0.15, 0.2) is 0 Å². The van der Waals surface area contributed by atoms with Gasteiger partial charge in [-0.1, -0.05) is 0 Å². The first-order chi connectivity index (χ1) is 6.68. The van der Waals surface area contributed by atoms with Crippen LogP contribution < -0.4 is 5.73 Å². The van der Waals surface area contributed by atoms with E-state index in [0.29, 0.717) is 19.6 Å². The molecule has 0 saturated carbocycles. The molecule has 0 aromatic carbocycles. The summed E-state index contributed by atoms with van der Waals surface area (Å²) in [6.45, 7) is 0.973. The van der Waals surface area contributed by atoms with Gasteiger partial charge in [-0.15, -0.1) is 0 Å². The second-order valence-electron chi connectivity index (χ2n) is 3.06. The minimum atomic E-state index is -0.531. The number of nitrogens with zero attached hydrogens (tertiary/aromatic N) is 2. The second kappa shape index (κ2) is 3.22. The molecule has 74 valence electrons. The first kappa shape index (κ1) is 8.89. The molecule has 14 heavy (non-hydrogen) atoms. The Kier molecular flexibility index (Phi) is 2.05. The highest BCUT2D eigenvalue weighted by Gasteiger charge is 2.19. The monoisotopic (exact) mass is 195 g/mol. The number of nitrogen functional groups attached to an aromatic ring is 1. The smallest absolute Gasteiger partial charge is 0.311 e. The van der Waals surface area contributed by atoms with Crippen LogP contribution >= 0.6 is 0 Å². The van der Waals surface area contributed by atoms with E-state index in [2.05, 4.69) is 4.98 Å². The van der Waals surface area contributed by atoms with E-state index < -0.39 is 4.92 Å². The minimum Gasteiger partial charge on any atom is -0.378 e. The van der Waals surface area contributed by atoms with E-state index in [1.165, 1.54) is 6.07 Å². The lowest BCUT2D eigenvalue weighted by atomic mass is 10.1. The lowest BCUT2D eigenvalue weighted by Crippen LogP contribution is -2.13. The maximum Gasteiger partial charge on any atom is 0.311 e. The molecule has 1 aromatic heterocycles. The van der Waals surface area contributed by atoms with E-state index in [4.69, 9.17) is 10.5 Å². The number of nitro groups is 1. The number of nitrogens with two attached hydrogens (primary N) is 1. The predicted octanol–water partition coefficient (Wildman–Crippen LogP) is 0.645. The van der Waals surface area contributed by atoms with Gasteiger partial charge in [0.05, 0.1) is 23.8 Å². The number of fused-ring (bicyclic) bond motifs is 1. The fourth-order valence-corrected chi connectivity index (χ4v) is 1.44. The van der Waals surface area contributed by atoms with Crippen LogP contribution in [0.5, 0.6) is 0 Å². The molecule has 1 aliphatic heterocycles. The molecular formula is C8H9N3O3. The zero-order chi connectivity index (χ0) is 10.1. The third kappa shape index (κ3) is 1.39. The van der Waals surface area contributed by atoms with E-state index in [-0.39, 0.29) is 11.5 Å². The molecule has 2 heterocycles. The standard InChI is InChI=1S/C8H9N3O3/c9-8-7(11(12)13)3-5-4-14-2-1-6(5)10-8/h3H,1-2,4H2,(H2,9,10). The number of aromatic nitrogens is 1. The molecular weight excluding hydrogens is 186 g/mol. The fourth-order valence-electron chi connectivity index (χ4n) is 1.44. The van der Waals surface area contributed by atoms with Crippen molar-refractivity contribution in [2.24, 2.45) is 0 Å². The molecule has 1 aromatic rings. The van der Waals surface area contributed by atoms with Gasteiger partial charge in [-0.3, -0.25) is 10.1 Å². The molecule has 0 amide bonds. The zero-order valence-corrected chi connectivity index (χ0v) is 7.40. The Morgan fingerprint density at radius 1 is 1.64 bits per heavy atom. The topological polar surface area (TPSA) is 91.3 Å². The fraction of sp³-hybridized carbons (Fsp3) is 0.375. The highest BCUT2D eigenvalue weighted by atomic mass is 16.6. The number of anilines is 1. The number of pyridine rings is 1. The average Bonchev–Trinajstić information content (AvgIpc) is 2.16. The van der Waals surface area contributed by atoms with Crippen LogP contribution in [0.15, 0.2) is 6.07 Å². The van der Waals surface area contributed by atoms with Crippen molar-refractivity contribution in [1.82, 2.24) is 4.98 Å². The highest BCUT2D eigenvalue weighted by molar-refractivity contribution is 5.54. The molecule has 0 unspecified atom stereocenters. The zero-order valence-electron chi connectivity index (χ0n) is 7.40. The molecule has 2 N–H and O–H groups in total. The molecule has 0 bridgehead atoms. The first-order valence-corrected chi connectivity index (χ1v) is 4.19. The molecule has 1 aliphatic rings. The number of ether oxygens (including phenoxy) is 1. The van der Waals surface area contributed by atoms with Crippen LogP contribution in [0.1, 0.15) is 11.3 Å². The normalized spacial score (nSPS) is 14.9. The van der Waals surface area contributed by atoms with E-state index in [9.17, 15) is 10.1 Å². The molecule has 6 nitrogen and oxygen atoms in total. The summed E-state index contributed by atoms with van der Waals surface area (Å²) in [5.41, 5.74) is 6.87. The van der Waals surface area contributed by atoms with E-state index in [0.717, 1.165) is 11.3 Å². The number of hydrogen-bond acceptors (Lipinski definition) is 5. The van der Waals surface area contributed by atoms with Gasteiger partial charge in [0.25, 0.3) is 0 Å². The highest BCUT2D eigenvalue weighted by Crippen LogP contribution is 2.25. The Labute approximate surface area is 79.8 Å². The molecule has 0 radical (unpaired) electrons. The maximum absolute atomic E-state index is 10.6. The predicted molar refractivity (Wildman–Crippen MR) is 48.7 cm³/mol. The van der Waals surface area contributed by atoms with Crippen molar-refractivity contribution in [1.29, 1.82) is 0 Å². The van der Waals surface area contributed by atoms with Crippen molar-refractivity contribution in [3.63, 3.8) is 0 Å². The third-order valence-electron chi connectivity index (χ3n) is 2.14. The van der Waals surface area contributed by atoms with E-state index >= 15 is 0 Å². The average molecular weight is 195 g/mol. The first-order valence-electron chi connectivity index (χ1n) is 4.19. The van der Waals surface area contributed by atoms with Crippen molar-refractivity contribution in [2.45, 2.75) is 13.0 Å². The Hall–Kier alpha value is -1.69.